The molecule has 2 amide bonds. The van der Waals surface area contributed by atoms with Gasteiger partial charge in [0, 0.05) is 30.6 Å². The Morgan fingerprint density at radius 1 is 1.12 bits per heavy atom. The number of hydrogen-bond donors (Lipinski definition) is 2. The largest absolute Gasteiger partial charge is 0.464 e. The number of esters is 1. The zero-order valence-corrected chi connectivity index (χ0v) is 21.1. The minimum atomic E-state index is -0.933. The number of carbonyl (C=O) groups excluding carboxylic acids is 3. The van der Waals surface area contributed by atoms with Gasteiger partial charge < -0.3 is 24.7 Å². The Labute approximate surface area is 199 Å². The molecule has 0 saturated carbocycles. The van der Waals surface area contributed by atoms with Crippen molar-refractivity contribution in [2.75, 3.05) is 18.6 Å². The topological polar surface area (TPSA) is 98.7 Å². The Hall–Kier alpha value is -2.68. The van der Waals surface area contributed by atoms with Gasteiger partial charge in [0.05, 0.1) is 6.61 Å². The average Bonchev–Trinajstić information content (AvgIpc) is 3.05. The molecule has 0 aliphatic heterocycles. The number of carbonyl (C=O) groups is 3. The molecule has 0 unspecified atom stereocenters. The first-order valence-electron chi connectivity index (χ1n) is 11.0. The van der Waals surface area contributed by atoms with Crippen LogP contribution in [0.25, 0.3) is 10.9 Å². The van der Waals surface area contributed by atoms with Gasteiger partial charge in [0.25, 0.3) is 0 Å². The lowest BCUT2D eigenvalue weighted by molar-refractivity contribution is -0.147. The van der Waals surface area contributed by atoms with Gasteiger partial charge in [-0.15, -0.1) is 0 Å². The van der Waals surface area contributed by atoms with Crippen LogP contribution in [-0.2, 0) is 32.5 Å². The summed E-state index contributed by atoms with van der Waals surface area (Å²) in [5, 5.41) is 6.46. The highest BCUT2D eigenvalue weighted by Gasteiger charge is 2.29. The van der Waals surface area contributed by atoms with Gasteiger partial charge in [-0.2, -0.15) is 11.8 Å². The molecule has 2 aromatic rings. The van der Waals surface area contributed by atoms with E-state index in [-0.39, 0.29) is 13.0 Å². The first-order chi connectivity index (χ1) is 15.6. The summed E-state index contributed by atoms with van der Waals surface area (Å²) in [5.74, 6) is -0.272. The fourth-order valence-electron chi connectivity index (χ4n) is 3.47. The lowest BCUT2D eigenvalue weighted by atomic mass is 10.0. The maximum absolute atomic E-state index is 13.3. The zero-order valence-electron chi connectivity index (χ0n) is 20.3. The Morgan fingerprint density at radius 2 is 1.82 bits per heavy atom. The second-order valence-electron chi connectivity index (χ2n) is 8.78. The third-order valence-electron chi connectivity index (χ3n) is 4.91. The molecule has 0 spiro atoms. The Kier molecular flexibility index (Phi) is 9.64. The third-order valence-corrected chi connectivity index (χ3v) is 5.55. The monoisotopic (exact) mass is 477 g/mol. The maximum atomic E-state index is 13.3. The van der Waals surface area contributed by atoms with Crippen LogP contribution in [0.3, 0.4) is 0 Å². The van der Waals surface area contributed by atoms with E-state index >= 15 is 0 Å². The van der Waals surface area contributed by atoms with Crippen molar-refractivity contribution in [3.8, 4) is 0 Å². The minimum Gasteiger partial charge on any atom is -0.464 e. The molecule has 2 N–H and O–H groups in total. The summed E-state index contributed by atoms with van der Waals surface area (Å²) in [6.45, 7) is 7.21. The van der Waals surface area contributed by atoms with Gasteiger partial charge in [-0.1, -0.05) is 18.2 Å². The number of nitrogens with zero attached hydrogens (tertiary/aromatic N) is 1. The normalized spacial score (nSPS) is 13.3. The number of nitrogens with one attached hydrogen (secondary N) is 2. The quantitative estimate of drug-likeness (QED) is 0.509. The molecule has 8 nitrogen and oxygen atoms in total. The molecule has 2 rings (SSSR count). The van der Waals surface area contributed by atoms with Crippen LogP contribution < -0.4 is 10.6 Å². The predicted molar refractivity (Wildman–Crippen MR) is 131 cm³/mol. The van der Waals surface area contributed by atoms with E-state index in [9.17, 15) is 14.4 Å². The number of aryl methyl sites for hydroxylation is 1. The summed E-state index contributed by atoms with van der Waals surface area (Å²) < 4.78 is 12.5. The van der Waals surface area contributed by atoms with E-state index in [0.29, 0.717) is 12.2 Å². The number of fused-ring (bicyclic) bond motifs is 1. The standard InChI is InChI=1S/C24H35N3O5S/c1-7-31-22(29)18(12-13-33-6)25-21(28)19(26-23(30)32-24(2,3)4)14-16-15-27(5)20-11-9-8-10-17(16)20/h8-11,15,18-19H,7,12-14H2,1-6H3,(H,25,28)(H,26,30)/t18-,19-/m1/s1. The van der Waals surface area contributed by atoms with E-state index in [4.69, 9.17) is 9.47 Å². The fourth-order valence-corrected chi connectivity index (χ4v) is 3.94. The molecule has 0 aliphatic rings. The van der Waals surface area contributed by atoms with Gasteiger partial charge >= 0.3 is 12.1 Å². The van der Waals surface area contributed by atoms with Crippen LogP contribution in [0, 0.1) is 0 Å². The molecule has 182 valence electrons. The van der Waals surface area contributed by atoms with Gasteiger partial charge in [-0.05, 0) is 57.8 Å². The highest BCUT2D eigenvalue weighted by molar-refractivity contribution is 7.98. The number of benzene rings is 1. The Bertz CT molecular complexity index is 967. The summed E-state index contributed by atoms with van der Waals surface area (Å²) in [5.41, 5.74) is 1.21. The van der Waals surface area contributed by atoms with E-state index in [1.165, 1.54) is 0 Å². The average molecular weight is 478 g/mol. The molecule has 1 aromatic carbocycles. The van der Waals surface area contributed by atoms with Crippen molar-refractivity contribution in [3.05, 3.63) is 36.0 Å². The van der Waals surface area contributed by atoms with Crippen LogP contribution in [0.4, 0.5) is 4.79 Å². The number of hydrogen-bond acceptors (Lipinski definition) is 6. The molecule has 0 aliphatic carbocycles. The summed E-state index contributed by atoms with van der Waals surface area (Å²) >= 11 is 1.57. The van der Waals surface area contributed by atoms with Crippen LogP contribution in [0.15, 0.2) is 30.5 Å². The fraction of sp³-hybridized carbons (Fsp3) is 0.542. The first kappa shape index (κ1) is 26.6. The van der Waals surface area contributed by atoms with E-state index in [0.717, 1.165) is 16.5 Å². The van der Waals surface area contributed by atoms with E-state index in [1.807, 2.05) is 48.3 Å². The van der Waals surface area contributed by atoms with Gasteiger partial charge in [-0.3, -0.25) is 4.79 Å². The van der Waals surface area contributed by atoms with E-state index in [2.05, 4.69) is 10.6 Å². The van der Waals surface area contributed by atoms with Crippen molar-refractivity contribution in [2.24, 2.45) is 7.05 Å². The molecular weight excluding hydrogens is 442 g/mol. The number of amides is 2. The molecule has 0 bridgehead atoms. The van der Waals surface area contributed by atoms with E-state index < -0.39 is 35.7 Å². The van der Waals surface area contributed by atoms with Crippen molar-refractivity contribution < 1.29 is 23.9 Å². The van der Waals surface area contributed by atoms with Crippen molar-refractivity contribution in [2.45, 2.75) is 58.2 Å². The first-order valence-corrected chi connectivity index (χ1v) is 12.4. The molecule has 0 fully saturated rings. The third kappa shape index (κ3) is 7.99. The van der Waals surface area contributed by atoms with Gasteiger partial charge in [0.1, 0.15) is 17.7 Å². The lowest BCUT2D eigenvalue weighted by Gasteiger charge is -2.25. The minimum absolute atomic E-state index is 0.222. The van der Waals surface area contributed by atoms with Gasteiger partial charge in [0.15, 0.2) is 0 Å². The van der Waals surface area contributed by atoms with Crippen molar-refractivity contribution in [1.82, 2.24) is 15.2 Å². The summed E-state index contributed by atoms with van der Waals surface area (Å²) in [7, 11) is 1.93. The van der Waals surface area contributed by atoms with Gasteiger partial charge in [0.2, 0.25) is 5.91 Å². The van der Waals surface area contributed by atoms with Crippen LogP contribution in [0.5, 0.6) is 0 Å². The molecule has 0 radical (unpaired) electrons. The summed E-state index contributed by atoms with van der Waals surface area (Å²) in [4.78, 5) is 38.2. The van der Waals surface area contributed by atoms with Crippen LogP contribution in [0.1, 0.15) is 39.7 Å². The molecule has 9 heteroatoms. The molecule has 0 saturated heterocycles. The molecule has 1 aromatic heterocycles. The van der Waals surface area contributed by atoms with Crippen LogP contribution in [0.2, 0.25) is 0 Å². The molecule has 33 heavy (non-hydrogen) atoms. The second-order valence-corrected chi connectivity index (χ2v) is 9.77. The van der Waals surface area contributed by atoms with Crippen LogP contribution in [-0.4, -0.2) is 58.8 Å². The van der Waals surface area contributed by atoms with E-state index in [1.54, 1.807) is 39.5 Å². The molecule has 1 heterocycles. The lowest BCUT2D eigenvalue weighted by Crippen LogP contribution is -2.53. The molecule has 2 atom stereocenters. The smallest absolute Gasteiger partial charge is 0.408 e. The van der Waals surface area contributed by atoms with Crippen LogP contribution >= 0.6 is 11.8 Å². The number of rotatable bonds is 10. The number of para-hydroxylation sites is 1. The molecular formula is C24H35N3O5S. The van der Waals surface area contributed by atoms with Crippen molar-refractivity contribution in [3.63, 3.8) is 0 Å². The van der Waals surface area contributed by atoms with Crippen molar-refractivity contribution in [1.29, 1.82) is 0 Å². The number of aromatic nitrogens is 1. The zero-order chi connectivity index (χ0) is 24.6. The number of thioether (sulfide) groups is 1. The summed E-state index contributed by atoms with van der Waals surface area (Å²) in [6, 6.07) is 6.13. The second kappa shape index (κ2) is 12.0. The predicted octanol–water partition coefficient (Wildman–Crippen LogP) is 3.42. The Balaban J connectivity index is 2.29. The number of alkyl carbamates (subject to hydrolysis) is 1. The Morgan fingerprint density at radius 3 is 2.45 bits per heavy atom. The van der Waals surface area contributed by atoms with Gasteiger partial charge in [-0.25, -0.2) is 9.59 Å². The maximum Gasteiger partial charge on any atom is 0.408 e. The number of ether oxygens (including phenoxy) is 2. The SMILES string of the molecule is CCOC(=O)[C@@H](CCSC)NC(=O)[C@@H](Cc1cn(C)c2ccccc12)NC(=O)OC(C)(C)C. The highest BCUT2D eigenvalue weighted by atomic mass is 32.2. The van der Waals surface area contributed by atoms with Crippen molar-refractivity contribution >= 4 is 40.6 Å². The summed E-state index contributed by atoms with van der Waals surface area (Å²) in [6.07, 6.45) is 3.85. The highest BCUT2D eigenvalue weighted by Crippen LogP contribution is 2.22.